The van der Waals surface area contributed by atoms with Gasteiger partial charge in [0.05, 0.1) is 11.1 Å². The van der Waals surface area contributed by atoms with Gasteiger partial charge in [-0.05, 0) is 30.5 Å². The molecule has 1 aliphatic rings. The van der Waals surface area contributed by atoms with Crippen molar-refractivity contribution in [2.75, 3.05) is 5.75 Å². The van der Waals surface area contributed by atoms with Crippen molar-refractivity contribution in [3.63, 3.8) is 0 Å². The first kappa shape index (κ1) is 14.6. The highest BCUT2D eigenvalue weighted by Gasteiger charge is 2.35. The maximum atomic E-state index is 12.8. The molecule has 0 spiro atoms. The minimum Gasteiger partial charge on any atom is -0.268 e. The van der Waals surface area contributed by atoms with Crippen LogP contribution in [0.1, 0.15) is 33.6 Å². The van der Waals surface area contributed by atoms with Crippen LogP contribution in [0.3, 0.4) is 0 Å². The van der Waals surface area contributed by atoms with Crippen LogP contribution >= 0.6 is 35.1 Å². The monoisotopic (exact) mass is 321 g/mol. The molecule has 0 saturated heterocycles. The first-order valence-electron chi connectivity index (χ1n) is 5.57. The van der Waals surface area contributed by atoms with E-state index in [9.17, 15) is 14.0 Å². The summed E-state index contributed by atoms with van der Waals surface area (Å²) in [6.07, 6.45) is 0.313. The molecular weight excluding hydrogens is 312 g/mol. The van der Waals surface area contributed by atoms with E-state index in [1.54, 1.807) is 24.3 Å². The minimum absolute atomic E-state index is 0.0493. The van der Waals surface area contributed by atoms with Gasteiger partial charge < -0.3 is 0 Å². The summed E-state index contributed by atoms with van der Waals surface area (Å²) in [5.74, 6) is -0.293. The van der Waals surface area contributed by atoms with Crippen LogP contribution in [0.4, 0.5) is 4.39 Å². The van der Waals surface area contributed by atoms with Crippen LogP contribution in [0.2, 0.25) is 0 Å². The quantitative estimate of drug-likeness (QED) is 0.358. The van der Waals surface area contributed by atoms with Crippen LogP contribution in [-0.4, -0.2) is 26.5 Å². The highest BCUT2D eigenvalue weighted by molar-refractivity contribution is 7.98. The fourth-order valence-electron chi connectivity index (χ4n) is 1.71. The van der Waals surface area contributed by atoms with E-state index in [0.717, 1.165) is 16.3 Å². The molecule has 0 atom stereocenters. The van der Waals surface area contributed by atoms with E-state index in [2.05, 4.69) is 0 Å². The lowest BCUT2D eigenvalue weighted by Crippen LogP contribution is -2.22. The van der Waals surface area contributed by atoms with Crippen molar-refractivity contribution in [2.45, 2.75) is 17.4 Å². The molecule has 1 aliphatic heterocycles. The average molecular weight is 322 g/mol. The number of carbonyl (C=O) groups excluding carboxylic acids is 2. The summed E-state index contributed by atoms with van der Waals surface area (Å²) in [7, 11) is 0. The van der Waals surface area contributed by atoms with Crippen LogP contribution in [0.25, 0.3) is 0 Å². The number of halogens is 3. The largest absolute Gasteiger partial charge is 0.271 e. The Morgan fingerprint density at radius 1 is 1.16 bits per heavy atom. The Morgan fingerprint density at radius 2 is 1.68 bits per heavy atom. The zero-order valence-electron chi connectivity index (χ0n) is 9.74. The summed E-state index contributed by atoms with van der Waals surface area (Å²) >= 11 is 11.4. The van der Waals surface area contributed by atoms with Crippen molar-refractivity contribution in [1.29, 1.82) is 0 Å². The highest BCUT2D eigenvalue weighted by Crippen LogP contribution is 2.31. The van der Waals surface area contributed by atoms with Crippen molar-refractivity contribution in [3.8, 4) is 0 Å². The van der Waals surface area contributed by atoms with E-state index in [1.807, 2.05) is 0 Å². The molecule has 0 saturated carbocycles. The second kappa shape index (κ2) is 5.69. The third kappa shape index (κ3) is 3.41. The Morgan fingerprint density at radius 3 is 2.16 bits per heavy atom. The summed E-state index contributed by atoms with van der Waals surface area (Å²) in [5.41, 5.74) is 0.795. The lowest BCUT2D eigenvalue weighted by molar-refractivity contribution is 0.0777. The zero-order valence-corrected chi connectivity index (χ0v) is 12.1. The van der Waals surface area contributed by atoms with Crippen LogP contribution < -0.4 is 0 Å². The molecule has 2 rings (SSSR count). The number of alkyl halides is 3. The number of fused-ring (bicyclic) bond motifs is 1. The van der Waals surface area contributed by atoms with Gasteiger partial charge in [0.1, 0.15) is 0 Å². The van der Waals surface area contributed by atoms with Crippen LogP contribution in [-0.2, 0) is 0 Å². The molecule has 1 aromatic rings. The SMILES string of the molecule is O=C1c2ccccc2C(=O)N1SCCCC(F)(Cl)Cl. The predicted octanol–water partition coefficient (Wildman–Crippen LogP) is 3.81. The van der Waals surface area contributed by atoms with Gasteiger partial charge in [0.2, 0.25) is 0 Å². The van der Waals surface area contributed by atoms with E-state index < -0.39 is 4.59 Å². The standard InChI is InChI=1S/C12H10Cl2FNO2S/c13-12(14,15)6-3-7-19-16-10(17)8-4-1-2-5-9(8)11(16)18/h1-2,4-5H,3,6-7H2. The number of rotatable bonds is 5. The molecule has 0 fully saturated rings. The van der Waals surface area contributed by atoms with Crippen LogP contribution in [0.5, 0.6) is 0 Å². The van der Waals surface area contributed by atoms with E-state index >= 15 is 0 Å². The minimum atomic E-state index is -2.26. The number of imide groups is 1. The number of hydrogen-bond acceptors (Lipinski definition) is 3. The van der Waals surface area contributed by atoms with Gasteiger partial charge >= 0.3 is 0 Å². The zero-order chi connectivity index (χ0) is 14.0. The van der Waals surface area contributed by atoms with Crippen molar-refractivity contribution >= 4 is 47.0 Å². The molecule has 0 aromatic heterocycles. The molecule has 1 aromatic carbocycles. The molecule has 0 N–H and O–H groups in total. The highest BCUT2D eigenvalue weighted by atomic mass is 35.5. The summed E-state index contributed by atoms with van der Waals surface area (Å²) in [6.45, 7) is 0. The van der Waals surface area contributed by atoms with E-state index in [4.69, 9.17) is 23.2 Å². The topological polar surface area (TPSA) is 37.4 Å². The van der Waals surface area contributed by atoms with Crippen LogP contribution in [0.15, 0.2) is 24.3 Å². The maximum absolute atomic E-state index is 12.8. The van der Waals surface area contributed by atoms with Crippen molar-refractivity contribution in [3.05, 3.63) is 35.4 Å². The van der Waals surface area contributed by atoms with Gasteiger partial charge in [-0.3, -0.25) is 9.59 Å². The molecule has 102 valence electrons. The molecule has 0 unspecified atom stereocenters. The third-order valence-corrected chi connectivity index (χ3v) is 4.02. The van der Waals surface area contributed by atoms with Gasteiger partial charge in [-0.1, -0.05) is 35.3 Å². The van der Waals surface area contributed by atoms with Crippen molar-refractivity contribution in [1.82, 2.24) is 4.31 Å². The number of benzene rings is 1. The Labute approximate surface area is 124 Å². The number of hydrogen-bond donors (Lipinski definition) is 0. The fourth-order valence-corrected chi connectivity index (χ4v) is 2.87. The Kier molecular flexibility index (Phi) is 4.38. The van der Waals surface area contributed by atoms with Crippen molar-refractivity contribution < 1.29 is 14.0 Å². The molecule has 0 aliphatic carbocycles. The fraction of sp³-hybridized carbons (Fsp3) is 0.333. The predicted molar refractivity (Wildman–Crippen MR) is 74.2 cm³/mol. The Bertz CT molecular complexity index is 484. The molecule has 3 nitrogen and oxygen atoms in total. The lowest BCUT2D eigenvalue weighted by atomic mass is 10.1. The first-order chi connectivity index (χ1) is 8.90. The number of nitrogens with zero attached hydrogens (tertiary/aromatic N) is 1. The van der Waals surface area contributed by atoms with E-state index in [1.165, 1.54) is 0 Å². The third-order valence-electron chi connectivity index (χ3n) is 2.58. The van der Waals surface area contributed by atoms with Gasteiger partial charge in [-0.15, -0.1) is 0 Å². The summed E-state index contributed by atoms with van der Waals surface area (Å²) in [6, 6.07) is 6.63. The normalized spacial score (nSPS) is 15.0. The molecule has 19 heavy (non-hydrogen) atoms. The van der Waals surface area contributed by atoms with Gasteiger partial charge in [0.25, 0.3) is 16.4 Å². The Hall–Kier alpha value is -0.780. The number of amides is 2. The number of carbonyl (C=O) groups is 2. The average Bonchev–Trinajstić information content (AvgIpc) is 2.58. The second-order valence-corrected chi connectivity index (χ2v) is 6.43. The molecule has 2 amide bonds. The smallest absolute Gasteiger partial charge is 0.268 e. The Balaban J connectivity index is 1.94. The molecular formula is C12H10Cl2FNO2S. The van der Waals surface area contributed by atoms with E-state index in [-0.39, 0.29) is 18.2 Å². The summed E-state index contributed by atoms with van der Waals surface area (Å²) < 4.78 is 11.7. The van der Waals surface area contributed by atoms with Gasteiger partial charge in [0.15, 0.2) is 0 Å². The van der Waals surface area contributed by atoms with Gasteiger partial charge in [-0.25, -0.2) is 8.70 Å². The van der Waals surface area contributed by atoms with Crippen LogP contribution in [0, 0.1) is 0 Å². The maximum Gasteiger partial charge on any atom is 0.271 e. The van der Waals surface area contributed by atoms with Crippen molar-refractivity contribution in [2.24, 2.45) is 0 Å². The molecule has 7 heteroatoms. The van der Waals surface area contributed by atoms with E-state index in [0.29, 0.717) is 23.3 Å². The van der Waals surface area contributed by atoms with Gasteiger partial charge in [-0.2, -0.15) is 0 Å². The first-order valence-corrected chi connectivity index (χ1v) is 7.27. The molecule has 0 bridgehead atoms. The lowest BCUT2D eigenvalue weighted by Gasteiger charge is -2.13. The molecule has 0 radical (unpaired) electrons. The summed E-state index contributed by atoms with van der Waals surface area (Å²) in [5, 5.41) is 0. The van der Waals surface area contributed by atoms with Gasteiger partial charge in [0, 0.05) is 12.2 Å². The summed E-state index contributed by atoms with van der Waals surface area (Å²) in [4.78, 5) is 23.9. The second-order valence-electron chi connectivity index (χ2n) is 4.00. The molecule has 1 heterocycles.